The molecule has 1 aliphatic rings. The quantitative estimate of drug-likeness (QED) is 0.669. The molecule has 2 aromatic heterocycles. The van der Waals surface area contributed by atoms with Crippen molar-refractivity contribution in [1.82, 2.24) is 15.4 Å². The molecule has 5 nitrogen and oxygen atoms in total. The largest absolute Gasteiger partial charge is 0.272 e. The Balaban J connectivity index is 1.72. The van der Waals surface area contributed by atoms with Crippen LogP contribution in [-0.4, -0.2) is 21.6 Å². The predicted octanol–water partition coefficient (Wildman–Crippen LogP) is 4.84. The van der Waals surface area contributed by atoms with Gasteiger partial charge in [0.2, 0.25) is 0 Å². The van der Waals surface area contributed by atoms with Gasteiger partial charge in [0.05, 0.1) is 16.8 Å². The molecule has 28 heavy (non-hydrogen) atoms. The van der Waals surface area contributed by atoms with Gasteiger partial charge in [-0.2, -0.15) is 5.10 Å². The smallest absolute Gasteiger partial charge is 0.267 e. The third-order valence-corrected chi connectivity index (χ3v) is 5.51. The van der Waals surface area contributed by atoms with Crippen LogP contribution in [0, 0.1) is 11.8 Å². The fourth-order valence-electron chi connectivity index (χ4n) is 3.94. The molecule has 1 aromatic carbocycles. The van der Waals surface area contributed by atoms with Gasteiger partial charge in [0.1, 0.15) is 0 Å². The van der Waals surface area contributed by atoms with Crippen LogP contribution in [0.25, 0.3) is 22.2 Å². The van der Waals surface area contributed by atoms with E-state index in [-0.39, 0.29) is 5.91 Å². The van der Waals surface area contributed by atoms with E-state index in [1.807, 2.05) is 42.5 Å². The SMILES string of the molecule is C[C@@H]1CCC[C@@H](C)C1=NNC(=O)c1cc(-c2ccncc2)nc2ccccc12. The van der Waals surface area contributed by atoms with Crippen LogP contribution >= 0.6 is 0 Å². The highest BCUT2D eigenvalue weighted by atomic mass is 16.2. The summed E-state index contributed by atoms with van der Waals surface area (Å²) in [5.74, 6) is 0.614. The maximum absolute atomic E-state index is 13.0. The molecular weight excluding hydrogens is 348 g/mol. The lowest BCUT2D eigenvalue weighted by Crippen LogP contribution is -2.29. The number of pyridine rings is 2. The van der Waals surface area contributed by atoms with Crippen LogP contribution in [0.5, 0.6) is 0 Å². The Morgan fingerprint density at radius 2 is 1.79 bits per heavy atom. The molecule has 142 valence electrons. The third kappa shape index (κ3) is 3.65. The predicted molar refractivity (Wildman–Crippen MR) is 112 cm³/mol. The molecule has 1 saturated carbocycles. The molecule has 3 aromatic rings. The number of benzene rings is 1. The van der Waals surface area contributed by atoms with Crippen LogP contribution in [0.15, 0.2) is 60.0 Å². The van der Waals surface area contributed by atoms with Gasteiger partial charge in [0.15, 0.2) is 0 Å². The molecule has 0 bridgehead atoms. The van der Waals surface area contributed by atoms with Gasteiger partial charge in [-0.15, -0.1) is 0 Å². The highest BCUT2D eigenvalue weighted by molar-refractivity contribution is 6.07. The number of hydrazone groups is 1. The molecule has 1 aliphatic carbocycles. The Bertz CT molecular complexity index is 1020. The van der Waals surface area contributed by atoms with Gasteiger partial charge in [0.25, 0.3) is 5.91 Å². The van der Waals surface area contributed by atoms with Crippen molar-refractivity contribution in [3.05, 3.63) is 60.4 Å². The first-order valence-electron chi connectivity index (χ1n) is 9.81. The number of amides is 1. The lowest BCUT2D eigenvalue weighted by molar-refractivity contribution is 0.0956. The van der Waals surface area contributed by atoms with Crippen LogP contribution < -0.4 is 5.43 Å². The van der Waals surface area contributed by atoms with Crippen molar-refractivity contribution in [2.45, 2.75) is 33.1 Å². The zero-order valence-electron chi connectivity index (χ0n) is 16.2. The van der Waals surface area contributed by atoms with E-state index in [2.05, 4.69) is 29.4 Å². The van der Waals surface area contributed by atoms with Crippen molar-refractivity contribution in [1.29, 1.82) is 0 Å². The van der Waals surface area contributed by atoms with E-state index in [1.165, 1.54) is 6.42 Å². The van der Waals surface area contributed by atoms with Gasteiger partial charge in [-0.1, -0.05) is 38.5 Å². The monoisotopic (exact) mass is 372 g/mol. The Labute approximate surface area is 164 Å². The first-order valence-corrected chi connectivity index (χ1v) is 9.81. The molecule has 2 heterocycles. The Hall–Kier alpha value is -3.08. The van der Waals surface area contributed by atoms with Gasteiger partial charge in [0, 0.05) is 29.1 Å². The summed E-state index contributed by atoms with van der Waals surface area (Å²) in [4.78, 5) is 21.8. The summed E-state index contributed by atoms with van der Waals surface area (Å²) >= 11 is 0. The van der Waals surface area contributed by atoms with Gasteiger partial charge in [-0.25, -0.2) is 10.4 Å². The minimum Gasteiger partial charge on any atom is -0.267 e. The van der Waals surface area contributed by atoms with Crippen molar-refractivity contribution in [2.75, 3.05) is 0 Å². The van der Waals surface area contributed by atoms with E-state index in [1.54, 1.807) is 12.4 Å². The van der Waals surface area contributed by atoms with Gasteiger partial charge in [-0.05, 0) is 48.9 Å². The number of hydrogen-bond acceptors (Lipinski definition) is 4. The summed E-state index contributed by atoms with van der Waals surface area (Å²) in [6.07, 6.45) is 6.93. The molecule has 5 heteroatoms. The second-order valence-corrected chi connectivity index (χ2v) is 7.52. The highest BCUT2D eigenvalue weighted by Crippen LogP contribution is 2.27. The topological polar surface area (TPSA) is 67.2 Å². The van der Waals surface area contributed by atoms with Crippen molar-refractivity contribution in [3.63, 3.8) is 0 Å². The van der Waals surface area contributed by atoms with Crippen LogP contribution in [0.2, 0.25) is 0 Å². The molecule has 0 unspecified atom stereocenters. The number of fused-ring (bicyclic) bond motifs is 1. The highest BCUT2D eigenvalue weighted by Gasteiger charge is 2.23. The number of carbonyl (C=O) groups is 1. The Morgan fingerprint density at radius 3 is 2.54 bits per heavy atom. The molecule has 0 radical (unpaired) electrons. The van der Waals surface area contributed by atoms with Crippen LogP contribution in [-0.2, 0) is 0 Å². The minimum atomic E-state index is -0.202. The van der Waals surface area contributed by atoms with Gasteiger partial charge < -0.3 is 0 Å². The fraction of sp³-hybridized carbons (Fsp3) is 0.304. The average Bonchev–Trinajstić information content (AvgIpc) is 2.73. The molecule has 1 fully saturated rings. The molecule has 4 rings (SSSR count). The number of hydrogen-bond donors (Lipinski definition) is 1. The van der Waals surface area contributed by atoms with E-state index < -0.39 is 0 Å². The van der Waals surface area contributed by atoms with E-state index >= 15 is 0 Å². The first kappa shape index (κ1) is 18.3. The molecule has 1 N–H and O–H groups in total. The summed E-state index contributed by atoms with van der Waals surface area (Å²) < 4.78 is 0. The van der Waals surface area contributed by atoms with E-state index in [9.17, 15) is 4.79 Å². The van der Waals surface area contributed by atoms with Gasteiger partial charge >= 0.3 is 0 Å². The fourth-order valence-corrected chi connectivity index (χ4v) is 3.94. The first-order chi connectivity index (χ1) is 13.6. The number of aromatic nitrogens is 2. The lowest BCUT2D eigenvalue weighted by atomic mass is 9.81. The Kier molecular flexibility index (Phi) is 5.15. The molecule has 0 saturated heterocycles. The number of nitrogens with one attached hydrogen (secondary N) is 1. The van der Waals surface area contributed by atoms with Crippen molar-refractivity contribution >= 4 is 22.5 Å². The molecule has 2 atom stereocenters. The summed E-state index contributed by atoms with van der Waals surface area (Å²) in [6, 6.07) is 13.3. The van der Waals surface area contributed by atoms with Crippen molar-refractivity contribution in [2.24, 2.45) is 16.9 Å². The summed E-state index contributed by atoms with van der Waals surface area (Å²) in [5.41, 5.74) is 6.94. The standard InChI is InChI=1S/C23H24N4O/c1-15-6-5-7-16(2)22(15)26-27-23(28)19-14-21(17-10-12-24-13-11-17)25-20-9-4-3-8-18(19)20/h3-4,8-16H,5-7H2,1-2H3,(H,27,28)/t15-,16-/m1/s1. The third-order valence-electron chi connectivity index (χ3n) is 5.51. The minimum absolute atomic E-state index is 0.202. The van der Waals surface area contributed by atoms with Crippen LogP contribution in [0.3, 0.4) is 0 Å². The van der Waals surface area contributed by atoms with Crippen LogP contribution in [0.1, 0.15) is 43.5 Å². The van der Waals surface area contributed by atoms with E-state index in [4.69, 9.17) is 4.98 Å². The number of nitrogens with zero attached hydrogens (tertiary/aromatic N) is 3. The van der Waals surface area contributed by atoms with Crippen molar-refractivity contribution < 1.29 is 4.79 Å². The van der Waals surface area contributed by atoms with E-state index in [0.29, 0.717) is 17.4 Å². The zero-order chi connectivity index (χ0) is 19.5. The second kappa shape index (κ2) is 7.89. The van der Waals surface area contributed by atoms with Gasteiger partial charge in [-0.3, -0.25) is 9.78 Å². The van der Waals surface area contributed by atoms with Crippen molar-refractivity contribution in [3.8, 4) is 11.3 Å². The van der Waals surface area contributed by atoms with Crippen LogP contribution in [0.4, 0.5) is 0 Å². The molecule has 1 amide bonds. The summed E-state index contributed by atoms with van der Waals surface area (Å²) in [7, 11) is 0. The number of rotatable bonds is 3. The molecule has 0 spiro atoms. The second-order valence-electron chi connectivity index (χ2n) is 7.52. The maximum Gasteiger partial charge on any atom is 0.272 e. The van der Waals surface area contributed by atoms with E-state index in [0.717, 1.165) is 40.7 Å². The number of carbonyl (C=O) groups excluding carboxylic acids is 1. The lowest BCUT2D eigenvalue weighted by Gasteiger charge is -2.26. The Morgan fingerprint density at radius 1 is 1.07 bits per heavy atom. The zero-order valence-corrected chi connectivity index (χ0v) is 16.2. The molecule has 0 aliphatic heterocycles. The normalized spacial score (nSPS) is 19.4. The maximum atomic E-state index is 13.0. The summed E-state index contributed by atoms with van der Waals surface area (Å²) in [5, 5.41) is 5.34. The molecular formula is C23H24N4O. The number of para-hydroxylation sites is 1. The summed E-state index contributed by atoms with van der Waals surface area (Å²) in [6.45, 7) is 4.37. The average molecular weight is 372 g/mol.